The van der Waals surface area contributed by atoms with E-state index >= 15 is 0 Å². The van der Waals surface area contributed by atoms with Crippen LogP contribution in [0.15, 0.2) is 45.8 Å². The number of hydrogen-bond acceptors (Lipinski definition) is 6. The number of anilines is 1. The molecule has 0 fully saturated rings. The Morgan fingerprint density at radius 1 is 1.27 bits per heavy atom. The minimum atomic E-state index is -3.83. The molecule has 0 aliphatic carbocycles. The molecule has 6 nitrogen and oxygen atoms in total. The number of nitrogens with zero attached hydrogens (tertiary/aromatic N) is 1. The maximum atomic E-state index is 12.7. The van der Waals surface area contributed by atoms with Crippen LogP contribution in [0.1, 0.15) is 22.3 Å². The van der Waals surface area contributed by atoms with Crippen molar-refractivity contribution in [3.63, 3.8) is 0 Å². The lowest BCUT2D eigenvalue weighted by atomic mass is 10.2. The first-order valence-corrected chi connectivity index (χ1v) is 10.8. The second-order valence-electron chi connectivity index (χ2n) is 5.39. The van der Waals surface area contributed by atoms with Crippen LogP contribution in [0.4, 0.5) is 5.69 Å². The zero-order valence-electron chi connectivity index (χ0n) is 13.9. The maximum absolute atomic E-state index is 12.7. The summed E-state index contributed by atoms with van der Waals surface area (Å²) in [6, 6.07) is 9.41. The van der Waals surface area contributed by atoms with E-state index in [2.05, 4.69) is 25.6 Å². The monoisotopic (exact) mass is 454 g/mol. The van der Waals surface area contributed by atoms with Crippen LogP contribution in [-0.4, -0.2) is 26.0 Å². The van der Waals surface area contributed by atoms with Gasteiger partial charge in [-0.1, -0.05) is 0 Å². The van der Waals surface area contributed by atoms with Crippen molar-refractivity contribution in [1.82, 2.24) is 4.98 Å². The van der Waals surface area contributed by atoms with Crippen LogP contribution in [0.25, 0.3) is 10.2 Å². The number of aromatic nitrogens is 1. The van der Waals surface area contributed by atoms with Gasteiger partial charge >= 0.3 is 5.97 Å². The minimum Gasteiger partial charge on any atom is -0.462 e. The van der Waals surface area contributed by atoms with E-state index in [9.17, 15) is 13.2 Å². The number of carbonyl (C=O) groups is 1. The van der Waals surface area contributed by atoms with Gasteiger partial charge in [-0.25, -0.2) is 18.2 Å². The molecule has 3 rings (SSSR count). The van der Waals surface area contributed by atoms with Gasteiger partial charge in [0.25, 0.3) is 10.0 Å². The first-order chi connectivity index (χ1) is 12.3. The number of aryl methyl sites for hydroxylation is 1. The van der Waals surface area contributed by atoms with Crippen LogP contribution in [0.3, 0.4) is 0 Å². The SMILES string of the molecule is CCOC(=O)c1ccc(S(=O)(=O)Nc2ccc3nc(C)sc3c2)c(Br)c1. The smallest absolute Gasteiger partial charge is 0.338 e. The van der Waals surface area contributed by atoms with Crippen LogP contribution in [0.5, 0.6) is 0 Å². The van der Waals surface area contributed by atoms with Crippen molar-refractivity contribution >= 4 is 59.2 Å². The molecule has 0 bridgehead atoms. The average molecular weight is 455 g/mol. The first-order valence-electron chi connectivity index (χ1n) is 7.67. The van der Waals surface area contributed by atoms with Gasteiger partial charge in [-0.15, -0.1) is 11.3 Å². The number of rotatable bonds is 5. The minimum absolute atomic E-state index is 0.0335. The molecule has 0 saturated heterocycles. The Hall–Kier alpha value is -1.97. The highest BCUT2D eigenvalue weighted by molar-refractivity contribution is 9.10. The van der Waals surface area contributed by atoms with Crippen molar-refractivity contribution in [2.45, 2.75) is 18.7 Å². The molecule has 0 aliphatic rings. The molecule has 0 aliphatic heterocycles. The van der Waals surface area contributed by atoms with Crippen molar-refractivity contribution in [3.05, 3.63) is 51.4 Å². The topological polar surface area (TPSA) is 85.4 Å². The third kappa shape index (κ3) is 3.89. The van der Waals surface area contributed by atoms with Crippen molar-refractivity contribution in [2.75, 3.05) is 11.3 Å². The fourth-order valence-corrected chi connectivity index (χ4v) is 5.37. The quantitative estimate of drug-likeness (QED) is 0.579. The number of fused-ring (bicyclic) bond motifs is 1. The lowest BCUT2D eigenvalue weighted by Gasteiger charge is -2.11. The molecule has 0 atom stereocenters. The number of sulfonamides is 1. The van der Waals surface area contributed by atoms with Crippen molar-refractivity contribution in [3.8, 4) is 0 Å². The molecule has 26 heavy (non-hydrogen) atoms. The number of benzene rings is 2. The summed E-state index contributed by atoms with van der Waals surface area (Å²) < 4.78 is 34.1. The van der Waals surface area contributed by atoms with Gasteiger partial charge in [0.2, 0.25) is 0 Å². The summed E-state index contributed by atoms with van der Waals surface area (Å²) in [4.78, 5) is 16.2. The van der Waals surface area contributed by atoms with E-state index in [1.807, 2.05) is 6.92 Å². The summed E-state index contributed by atoms with van der Waals surface area (Å²) in [6.45, 7) is 3.85. The van der Waals surface area contributed by atoms with Gasteiger partial charge in [0.1, 0.15) is 4.90 Å². The molecule has 3 aromatic rings. The zero-order chi connectivity index (χ0) is 18.9. The molecule has 0 amide bonds. The second kappa shape index (κ2) is 7.34. The Bertz CT molecular complexity index is 1090. The third-order valence-electron chi connectivity index (χ3n) is 3.48. The number of carbonyl (C=O) groups excluding carboxylic acids is 1. The average Bonchev–Trinajstić information content (AvgIpc) is 2.93. The molecular formula is C17H15BrN2O4S2. The second-order valence-corrected chi connectivity index (χ2v) is 9.13. The van der Waals surface area contributed by atoms with Gasteiger partial charge in [-0.2, -0.15) is 0 Å². The van der Waals surface area contributed by atoms with Gasteiger partial charge in [0.15, 0.2) is 0 Å². The predicted octanol–water partition coefficient (Wildman–Crippen LogP) is 4.34. The Morgan fingerprint density at radius 3 is 2.73 bits per heavy atom. The summed E-state index contributed by atoms with van der Waals surface area (Å²) in [6.07, 6.45) is 0. The van der Waals surface area contributed by atoms with Gasteiger partial charge in [-0.05, 0) is 66.2 Å². The van der Waals surface area contributed by atoms with E-state index in [-0.39, 0.29) is 21.5 Å². The highest BCUT2D eigenvalue weighted by Crippen LogP contribution is 2.28. The highest BCUT2D eigenvalue weighted by Gasteiger charge is 2.20. The van der Waals surface area contributed by atoms with E-state index in [0.29, 0.717) is 5.69 Å². The molecule has 0 spiro atoms. The molecule has 0 saturated carbocycles. The maximum Gasteiger partial charge on any atom is 0.338 e. The van der Waals surface area contributed by atoms with Crippen molar-refractivity contribution < 1.29 is 17.9 Å². The van der Waals surface area contributed by atoms with Crippen LogP contribution in [0, 0.1) is 6.92 Å². The van der Waals surface area contributed by atoms with Crippen LogP contribution in [-0.2, 0) is 14.8 Å². The summed E-state index contributed by atoms with van der Waals surface area (Å²) >= 11 is 4.72. The summed E-state index contributed by atoms with van der Waals surface area (Å²) in [7, 11) is -3.83. The van der Waals surface area contributed by atoms with E-state index < -0.39 is 16.0 Å². The lowest BCUT2D eigenvalue weighted by Crippen LogP contribution is -2.14. The molecule has 2 aromatic carbocycles. The van der Waals surface area contributed by atoms with Crippen LogP contribution in [0.2, 0.25) is 0 Å². The molecule has 1 aromatic heterocycles. The summed E-state index contributed by atoms with van der Waals surface area (Å²) in [5.74, 6) is -0.504. The van der Waals surface area contributed by atoms with E-state index in [1.165, 1.54) is 29.5 Å². The summed E-state index contributed by atoms with van der Waals surface area (Å²) in [5.41, 5.74) is 1.55. The number of halogens is 1. The van der Waals surface area contributed by atoms with Gasteiger partial charge in [-0.3, -0.25) is 4.72 Å². The Kier molecular flexibility index (Phi) is 5.31. The van der Waals surface area contributed by atoms with Crippen LogP contribution < -0.4 is 4.72 Å². The molecule has 9 heteroatoms. The molecule has 0 radical (unpaired) electrons. The van der Waals surface area contributed by atoms with Gasteiger partial charge in [0.05, 0.1) is 33.1 Å². The van der Waals surface area contributed by atoms with Gasteiger partial charge < -0.3 is 4.74 Å². The molecule has 1 heterocycles. The van der Waals surface area contributed by atoms with Gasteiger partial charge in [0, 0.05) is 4.47 Å². The zero-order valence-corrected chi connectivity index (χ0v) is 17.2. The van der Waals surface area contributed by atoms with Crippen molar-refractivity contribution in [1.29, 1.82) is 0 Å². The first kappa shape index (κ1) is 18.8. The fourth-order valence-electron chi connectivity index (χ4n) is 2.37. The standard InChI is InChI=1S/C17H15BrN2O4S2/c1-3-24-17(21)11-4-7-16(13(18)8-11)26(22,23)20-12-5-6-14-15(9-12)25-10(2)19-14/h4-9,20H,3H2,1-2H3. The highest BCUT2D eigenvalue weighted by atomic mass is 79.9. The largest absolute Gasteiger partial charge is 0.462 e. The number of hydrogen-bond donors (Lipinski definition) is 1. The van der Waals surface area contributed by atoms with E-state index in [4.69, 9.17) is 4.74 Å². The number of thiazole rings is 1. The van der Waals surface area contributed by atoms with Crippen LogP contribution >= 0.6 is 27.3 Å². The molecule has 136 valence electrons. The van der Waals surface area contributed by atoms with E-state index in [0.717, 1.165) is 15.2 Å². The fraction of sp³-hybridized carbons (Fsp3) is 0.176. The summed E-state index contributed by atoms with van der Waals surface area (Å²) in [5, 5.41) is 0.914. The molecular weight excluding hydrogens is 440 g/mol. The number of nitrogens with one attached hydrogen (secondary N) is 1. The Balaban J connectivity index is 1.90. The Morgan fingerprint density at radius 2 is 2.04 bits per heavy atom. The Labute approximate surface area is 163 Å². The van der Waals surface area contributed by atoms with Crippen molar-refractivity contribution in [2.24, 2.45) is 0 Å². The number of ether oxygens (including phenoxy) is 1. The predicted molar refractivity (Wildman–Crippen MR) is 105 cm³/mol. The molecule has 0 unspecified atom stereocenters. The lowest BCUT2D eigenvalue weighted by molar-refractivity contribution is 0.0526. The number of esters is 1. The molecule has 1 N–H and O–H groups in total. The third-order valence-corrected chi connectivity index (χ3v) is 6.77. The normalized spacial score (nSPS) is 11.5. The van der Waals surface area contributed by atoms with E-state index in [1.54, 1.807) is 25.1 Å².